The molecular weight excluding hydrogens is 172 g/mol. The number of hydrogen-bond donors (Lipinski definition) is 2. The lowest BCUT2D eigenvalue weighted by atomic mass is 10.3. The van der Waals surface area contributed by atoms with Gasteiger partial charge in [0.15, 0.2) is 0 Å². The fourth-order valence-electron chi connectivity index (χ4n) is 1.05. The van der Waals surface area contributed by atoms with Crippen molar-refractivity contribution in [3.8, 4) is 0 Å². The number of aliphatic hydroxyl groups is 2. The molecule has 4 nitrogen and oxygen atoms in total. The second kappa shape index (κ2) is 5.75. The molecule has 0 aromatic carbocycles. The molecule has 0 aromatic rings. The van der Waals surface area contributed by atoms with Crippen molar-refractivity contribution < 1.29 is 19.7 Å². The molecule has 0 aliphatic heterocycles. The number of hydrogen-bond acceptors (Lipinski definition) is 4. The van der Waals surface area contributed by atoms with E-state index in [1.165, 1.54) is 0 Å². The van der Waals surface area contributed by atoms with Crippen LogP contribution in [-0.4, -0.2) is 42.7 Å². The highest BCUT2D eigenvalue weighted by Crippen LogP contribution is 2.16. The molecule has 0 radical (unpaired) electrons. The highest BCUT2D eigenvalue weighted by molar-refractivity contribution is 5.25. The van der Waals surface area contributed by atoms with Crippen molar-refractivity contribution in [3.63, 3.8) is 0 Å². The molecule has 1 rings (SSSR count). The predicted octanol–water partition coefficient (Wildman–Crippen LogP) is -0.174. The van der Waals surface area contributed by atoms with Crippen LogP contribution < -0.4 is 0 Å². The van der Waals surface area contributed by atoms with E-state index in [4.69, 9.17) is 19.7 Å². The molecule has 1 atom stereocenters. The van der Waals surface area contributed by atoms with Crippen LogP contribution in [0, 0.1) is 0 Å². The molecule has 2 N–H and O–H groups in total. The van der Waals surface area contributed by atoms with Crippen LogP contribution in [0.15, 0.2) is 24.0 Å². The number of aliphatic hydroxyl groups excluding tert-OH is 2. The molecule has 1 unspecified atom stereocenters. The highest BCUT2D eigenvalue weighted by atomic mass is 16.5. The Labute approximate surface area is 77.1 Å². The van der Waals surface area contributed by atoms with Gasteiger partial charge in [-0.05, 0) is 12.2 Å². The van der Waals surface area contributed by atoms with Crippen LogP contribution in [0.25, 0.3) is 0 Å². The summed E-state index contributed by atoms with van der Waals surface area (Å²) >= 11 is 0. The second-order valence-electron chi connectivity index (χ2n) is 2.54. The summed E-state index contributed by atoms with van der Waals surface area (Å²) in [5.74, 6) is 0.683. The van der Waals surface area contributed by atoms with E-state index in [9.17, 15) is 0 Å². The molecule has 13 heavy (non-hydrogen) atoms. The maximum atomic E-state index is 8.54. The molecule has 1 aliphatic rings. The minimum atomic E-state index is -0.210. The lowest BCUT2D eigenvalue weighted by molar-refractivity contribution is 0.0312. The summed E-state index contributed by atoms with van der Waals surface area (Å²) in [5, 5.41) is 17.1. The van der Waals surface area contributed by atoms with Crippen LogP contribution in [0.5, 0.6) is 0 Å². The minimum absolute atomic E-state index is 0.00236. The summed E-state index contributed by atoms with van der Waals surface area (Å²) in [6.45, 7) is 0.545. The van der Waals surface area contributed by atoms with E-state index < -0.39 is 0 Å². The monoisotopic (exact) mass is 186 g/mol. The third kappa shape index (κ3) is 3.18. The van der Waals surface area contributed by atoms with Gasteiger partial charge in [0.2, 0.25) is 0 Å². The van der Waals surface area contributed by atoms with Crippen molar-refractivity contribution in [1.82, 2.24) is 0 Å². The van der Waals surface area contributed by atoms with Crippen molar-refractivity contribution >= 4 is 0 Å². The van der Waals surface area contributed by atoms with E-state index in [1.54, 1.807) is 6.08 Å². The zero-order chi connectivity index (χ0) is 9.52. The van der Waals surface area contributed by atoms with E-state index in [0.29, 0.717) is 5.76 Å². The first-order chi connectivity index (χ1) is 6.38. The Bertz CT molecular complexity index is 198. The fraction of sp³-hybridized carbons (Fsp3) is 0.556. The summed E-state index contributed by atoms with van der Waals surface area (Å²) < 4.78 is 10.5. The number of ether oxygens (including phenoxy) is 2. The SMILES string of the molecule is OCCOC1=CC=CC1OCCO. The summed E-state index contributed by atoms with van der Waals surface area (Å²) in [6, 6.07) is 0. The summed E-state index contributed by atoms with van der Waals surface area (Å²) in [4.78, 5) is 0. The van der Waals surface area contributed by atoms with Crippen molar-refractivity contribution in [1.29, 1.82) is 0 Å². The van der Waals surface area contributed by atoms with Gasteiger partial charge in [-0.25, -0.2) is 0 Å². The summed E-state index contributed by atoms with van der Waals surface area (Å²) in [6.07, 6.45) is 5.24. The predicted molar refractivity (Wildman–Crippen MR) is 47.1 cm³/mol. The van der Waals surface area contributed by atoms with E-state index in [2.05, 4.69) is 0 Å². The molecule has 1 aliphatic carbocycles. The maximum absolute atomic E-state index is 8.54. The van der Waals surface area contributed by atoms with Gasteiger partial charge in [-0.3, -0.25) is 0 Å². The average molecular weight is 186 g/mol. The largest absolute Gasteiger partial charge is 0.492 e. The third-order valence-electron chi connectivity index (χ3n) is 1.58. The normalized spacial score (nSPS) is 20.5. The van der Waals surface area contributed by atoms with Crippen LogP contribution in [0.2, 0.25) is 0 Å². The molecule has 74 valence electrons. The van der Waals surface area contributed by atoms with E-state index >= 15 is 0 Å². The Morgan fingerprint density at radius 3 is 2.69 bits per heavy atom. The standard InChI is InChI=1S/C9H14O4/c10-4-6-12-8-2-1-3-9(8)13-7-5-11/h1-3,8,10-11H,4-7H2. The zero-order valence-corrected chi connectivity index (χ0v) is 7.35. The fourth-order valence-corrected chi connectivity index (χ4v) is 1.05. The van der Waals surface area contributed by atoms with Crippen LogP contribution >= 0.6 is 0 Å². The van der Waals surface area contributed by atoms with Gasteiger partial charge in [-0.1, -0.05) is 6.08 Å². The topological polar surface area (TPSA) is 58.9 Å². The van der Waals surface area contributed by atoms with Crippen molar-refractivity contribution in [2.45, 2.75) is 6.10 Å². The molecule has 0 saturated carbocycles. The summed E-state index contributed by atoms with van der Waals surface area (Å²) in [5.41, 5.74) is 0. The average Bonchev–Trinajstić information content (AvgIpc) is 2.59. The zero-order valence-electron chi connectivity index (χ0n) is 7.35. The van der Waals surface area contributed by atoms with Gasteiger partial charge in [0, 0.05) is 0 Å². The molecular formula is C9H14O4. The second-order valence-corrected chi connectivity index (χ2v) is 2.54. The van der Waals surface area contributed by atoms with Gasteiger partial charge >= 0.3 is 0 Å². The van der Waals surface area contributed by atoms with Crippen LogP contribution in [0.3, 0.4) is 0 Å². The molecule has 0 aromatic heterocycles. The molecule has 0 heterocycles. The summed E-state index contributed by atoms with van der Waals surface area (Å²) in [7, 11) is 0. The first-order valence-electron chi connectivity index (χ1n) is 4.23. The smallest absolute Gasteiger partial charge is 0.133 e. The van der Waals surface area contributed by atoms with Crippen molar-refractivity contribution in [3.05, 3.63) is 24.0 Å². The molecule has 0 fully saturated rings. The van der Waals surface area contributed by atoms with Crippen molar-refractivity contribution in [2.24, 2.45) is 0 Å². The Morgan fingerprint density at radius 2 is 2.00 bits per heavy atom. The van der Waals surface area contributed by atoms with Gasteiger partial charge in [-0.2, -0.15) is 0 Å². The lowest BCUT2D eigenvalue weighted by Crippen LogP contribution is -2.16. The van der Waals surface area contributed by atoms with E-state index in [1.807, 2.05) is 12.2 Å². The minimum Gasteiger partial charge on any atom is -0.492 e. The first-order valence-corrected chi connectivity index (χ1v) is 4.23. The lowest BCUT2D eigenvalue weighted by Gasteiger charge is -2.14. The van der Waals surface area contributed by atoms with Gasteiger partial charge in [-0.15, -0.1) is 0 Å². The maximum Gasteiger partial charge on any atom is 0.133 e. The molecule has 0 saturated heterocycles. The van der Waals surface area contributed by atoms with E-state index in [0.717, 1.165) is 0 Å². The van der Waals surface area contributed by atoms with Crippen LogP contribution in [0.4, 0.5) is 0 Å². The molecule has 0 bridgehead atoms. The number of allylic oxidation sites excluding steroid dienone is 2. The molecule has 4 heteroatoms. The molecule has 0 spiro atoms. The van der Waals surface area contributed by atoms with Gasteiger partial charge in [0.1, 0.15) is 18.5 Å². The Morgan fingerprint density at radius 1 is 1.23 bits per heavy atom. The van der Waals surface area contributed by atoms with Crippen LogP contribution in [-0.2, 0) is 9.47 Å². The Hall–Kier alpha value is -0.840. The van der Waals surface area contributed by atoms with Gasteiger partial charge in [0.05, 0.1) is 19.8 Å². The Kier molecular flexibility index (Phi) is 4.53. The van der Waals surface area contributed by atoms with Crippen molar-refractivity contribution in [2.75, 3.05) is 26.4 Å². The number of rotatable bonds is 6. The third-order valence-corrected chi connectivity index (χ3v) is 1.58. The first kappa shape index (κ1) is 10.2. The highest BCUT2D eigenvalue weighted by Gasteiger charge is 2.15. The van der Waals surface area contributed by atoms with E-state index in [-0.39, 0.29) is 32.5 Å². The van der Waals surface area contributed by atoms with Crippen LogP contribution in [0.1, 0.15) is 0 Å². The Balaban J connectivity index is 2.28. The van der Waals surface area contributed by atoms with Gasteiger partial charge < -0.3 is 19.7 Å². The molecule has 0 amide bonds. The van der Waals surface area contributed by atoms with Gasteiger partial charge in [0.25, 0.3) is 0 Å². The quantitative estimate of drug-likeness (QED) is 0.604.